The number of fused-ring (bicyclic) bond motifs is 1. The summed E-state index contributed by atoms with van der Waals surface area (Å²) in [6.45, 7) is 0.655. The highest BCUT2D eigenvalue weighted by Crippen LogP contribution is 2.35. The zero-order valence-electron chi connectivity index (χ0n) is 14.9. The lowest BCUT2D eigenvalue weighted by molar-refractivity contribution is 0.0984. The molecule has 0 unspecified atom stereocenters. The molecule has 2 heterocycles. The number of amides is 2. The van der Waals surface area contributed by atoms with Crippen molar-refractivity contribution >= 4 is 57.9 Å². The molecule has 0 fully saturated rings. The lowest BCUT2D eigenvalue weighted by Gasteiger charge is -2.23. The molecule has 0 aliphatic carbocycles. The molecule has 28 heavy (non-hydrogen) atoms. The molecule has 2 aromatic carbocycles. The molecule has 7 heteroatoms. The molecule has 1 aliphatic rings. The SMILES string of the molecule is O=C(Nc1cc(C(=O)N2CCCSc3ccccc32)ccc1Cl)c1cccs1. The van der Waals surface area contributed by atoms with Crippen molar-refractivity contribution in [3.8, 4) is 0 Å². The van der Waals surface area contributed by atoms with E-state index in [9.17, 15) is 9.59 Å². The molecular weight excluding hydrogens is 412 g/mol. The van der Waals surface area contributed by atoms with Crippen LogP contribution in [0.1, 0.15) is 26.5 Å². The van der Waals surface area contributed by atoms with Crippen molar-refractivity contribution in [2.75, 3.05) is 22.5 Å². The van der Waals surface area contributed by atoms with Gasteiger partial charge in [0.1, 0.15) is 0 Å². The number of benzene rings is 2. The lowest BCUT2D eigenvalue weighted by atomic mass is 10.1. The zero-order chi connectivity index (χ0) is 19.5. The number of anilines is 2. The first kappa shape index (κ1) is 19.1. The van der Waals surface area contributed by atoms with Gasteiger partial charge in [0.15, 0.2) is 0 Å². The molecule has 0 saturated carbocycles. The van der Waals surface area contributed by atoms with E-state index in [1.165, 1.54) is 11.3 Å². The van der Waals surface area contributed by atoms with E-state index in [2.05, 4.69) is 5.32 Å². The fourth-order valence-electron chi connectivity index (χ4n) is 3.04. The lowest BCUT2D eigenvalue weighted by Crippen LogP contribution is -2.31. The predicted molar refractivity (Wildman–Crippen MR) is 117 cm³/mol. The molecular formula is C21H17ClN2O2S2. The van der Waals surface area contributed by atoms with Crippen LogP contribution in [-0.4, -0.2) is 24.1 Å². The zero-order valence-corrected chi connectivity index (χ0v) is 17.2. The average Bonchev–Trinajstić information content (AvgIpc) is 3.16. The Hall–Kier alpha value is -2.28. The molecule has 0 saturated heterocycles. The standard InChI is InChI=1S/C21H17ClN2O2S2/c22-15-9-8-14(13-16(15)23-20(25)19-7-3-11-28-19)21(26)24-10-4-12-27-18-6-2-1-5-17(18)24/h1-3,5-9,11,13H,4,10,12H2,(H,23,25). The number of nitrogens with one attached hydrogen (secondary N) is 1. The van der Waals surface area contributed by atoms with Gasteiger partial charge in [-0.1, -0.05) is 29.8 Å². The normalized spacial score (nSPS) is 13.5. The van der Waals surface area contributed by atoms with E-state index in [1.54, 1.807) is 36.0 Å². The van der Waals surface area contributed by atoms with Crippen LogP contribution in [0, 0.1) is 0 Å². The number of halogens is 1. The third-order valence-electron chi connectivity index (χ3n) is 4.39. The highest BCUT2D eigenvalue weighted by Gasteiger charge is 2.23. The highest BCUT2D eigenvalue weighted by atomic mass is 35.5. The van der Waals surface area contributed by atoms with Gasteiger partial charge in [0.25, 0.3) is 11.8 Å². The van der Waals surface area contributed by atoms with Crippen LogP contribution in [0.5, 0.6) is 0 Å². The first-order valence-electron chi connectivity index (χ1n) is 8.81. The Morgan fingerprint density at radius 2 is 1.93 bits per heavy atom. The van der Waals surface area contributed by atoms with Crippen LogP contribution in [0.3, 0.4) is 0 Å². The van der Waals surface area contributed by atoms with Crippen LogP contribution in [0.4, 0.5) is 11.4 Å². The minimum absolute atomic E-state index is 0.0989. The van der Waals surface area contributed by atoms with Crippen molar-refractivity contribution in [1.29, 1.82) is 0 Å². The quantitative estimate of drug-likeness (QED) is 0.573. The van der Waals surface area contributed by atoms with Gasteiger partial charge in [0, 0.05) is 17.0 Å². The number of thiophene rings is 1. The summed E-state index contributed by atoms with van der Waals surface area (Å²) >= 11 is 9.38. The Labute approximate surface area is 176 Å². The Morgan fingerprint density at radius 1 is 1.07 bits per heavy atom. The van der Waals surface area contributed by atoms with E-state index in [1.807, 2.05) is 40.6 Å². The fraction of sp³-hybridized carbons (Fsp3) is 0.143. The van der Waals surface area contributed by atoms with Crippen LogP contribution in [0.25, 0.3) is 0 Å². The van der Waals surface area contributed by atoms with E-state index >= 15 is 0 Å². The van der Waals surface area contributed by atoms with Gasteiger partial charge in [-0.3, -0.25) is 9.59 Å². The predicted octanol–water partition coefficient (Wildman–Crippen LogP) is 5.80. The minimum Gasteiger partial charge on any atom is -0.320 e. The number of rotatable bonds is 3. The van der Waals surface area contributed by atoms with Crippen LogP contribution in [-0.2, 0) is 0 Å². The molecule has 2 amide bonds. The molecule has 3 aromatic rings. The third-order valence-corrected chi connectivity index (χ3v) is 6.74. The Morgan fingerprint density at radius 3 is 2.75 bits per heavy atom. The number of nitrogens with zero attached hydrogens (tertiary/aromatic N) is 1. The van der Waals surface area contributed by atoms with Crippen LogP contribution in [0.2, 0.25) is 5.02 Å². The van der Waals surface area contributed by atoms with Gasteiger partial charge >= 0.3 is 0 Å². The molecule has 1 aromatic heterocycles. The Kier molecular flexibility index (Phi) is 5.71. The smallest absolute Gasteiger partial charge is 0.265 e. The molecule has 0 radical (unpaired) electrons. The summed E-state index contributed by atoms with van der Waals surface area (Å²) in [4.78, 5) is 29.1. The molecule has 142 valence electrons. The first-order chi connectivity index (χ1) is 13.6. The molecule has 0 spiro atoms. The largest absolute Gasteiger partial charge is 0.320 e. The Balaban J connectivity index is 1.63. The summed E-state index contributed by atoms with van der Waals surface area (Å²) in [5, 5.41) is 5.04. The number of thioether (sulfide) groups is 1. The first-order valence-corrected chi connectivity index (χ1v) is 11.1. The summed E-state index contributed by atoms with van der Waals surface area (Å²) < 4.78 is 0. The van der Waals surface area contributed by atoms with Gasteiger partial charge < -0.3 is 10.2 Å². The van der Waals surface area contributed by atoms with E-state index in [4.69, 9.17) is 11.6 Å². The number of hydrogen-bond donors (Lipinski definition) is 1. The van der Waals surface area contributed by atoms with Crippen molar-refractivity contribution in [2.45, 2.75) is 11.3 Å². The maximum Gasteiger partial charge on any atom is 0.265 e. The number of hydrogen-bond acceptors (Lipinski definition) is 4. The topological polar surface area (TPSA) is 49.4 Å². The van der Waals surface area contributed by atoms with E-state index in [0.29, 0.717) is 27.7 Å². The minimum atomic E-state index is -0.238. The van der Waals surface area contributed by atoms with Gasteiger partial charge in [0.2, 0.25) is 0 Å². The molecule has 0 atom stereocenters. The molecule has 4 nitrogen and oxygen atoms in total. The number of carbonyl (C=O) groups excluding carboxylic acids is 2. The van der Waals surface area contributed by atoms with Crippen molar-refractivity contribution < 1.29 is 9.59 Å². The second-order valence-corrected chi connectivity index (χ2v) is 8.74. The number of para-hydroxylation sites is 1. The summed E-state index contributed by atoms with van der Waals surface area (Å²) in [6.07, 6.45) is 0.917. The van der Waals surface area contributed by atoms with Crippen LogP contribution < -0.4 is 10.2 Å². The van der Waals surface area contributed by atoms with Gasteiger partial charge in [-0.25, -0.2) is 0 Å². The maximum absolute atomic E-state index is 13.3. The van der Waals surface area contributed by atoms with Gasteiger partial charge in [-0.05, 0) is 54.0 Å². The van der Waals surface area contributed by atoms with E-state index in [0.717, 1.165) is 22.8 Å². The molecule has 1 N–H and O–H groups in total. The molecule has 1 aliphatic heterocycles. The highest BCUT2D eigenvalue weighted by molar-refractivity contribution is 7.99. The van der Waals surface area contributed by atoms with Gasteiger partial charge in [0.05, 0.1) is 21.3 Å². The van der Waals surface area contributed by atoms with E-state index in [-0.39, 0.29) is 11.8 Å². The van der Waals surface area contributed by atoms with Crippen LogP contribution >= 0.6 is 34.7 Å². The van der Waals surface area contributed by atoms with Crippen molar-refractivity contribution in [3.63, 3.8) is 0 Å². The summed E-state index contributed by atoms with van der Waals surface area (Å²) in [5.74, 6) is 0.639. The second kappa shape index (κ2) is 8.39. The number of carbonyl (C=O) groups is 2. The van der Waals surface area contributed by atoms with Crippen molar-refractivity contribution in [3.05, 3.63) is 75.4 Å². The van der Waals surface area contributed by atoms with Crippen molar-refractivity contribution in [2.24, 2.45) is 0 Å². The summed E-state index contributed by atoms with van der Waals surface area (Å²) in [6, 6.07) is 16.5. The Bertz CT molecular complexity index is 1020. The van der Waals surface area contributed by atoms with Crippen molar-refractivity contribution in [1.82, 2.24) is 0 Å². The van der Waals surface area contributed by atoms with Gasteiger partial charge in [-0.15, -0.1) is 23.1 Å². The third kappa shape index (κ3) is 3.94. The monoisotopic (exact) mass is 428 g/mol. The van der Waals surface area contributed by atoms with Crippen LogP contribution in [0.15, 0.2) is 64.9 Å². The summed E-state index contributed by atoms with van der Waals surface area (Å²) in [5.41, 5.74) is 1.85. The van der Waals surface area contributed by atoms with E-state index < -0.39 is 0 Å². The summed E-state index contributed by atoms with van der Waals surface area (Å²) in [7, 11) is 0. The fourth-order valence-corrected chi connectivity index (χ4v) is 4.82. The average molecular weight is 429 g/mol. The molecule has 0 bridgehead atoms. The second-order valence-electron chi connectivity index (χ2n) is 6.25. The van der Waals surface area contributed by atoms with Gasteiger partial charge in [-0.2, -0.15) is 0 Å². The molecule has 4 rings (SSSR count). The maximum atomic E-state index is 13.3.